The summed E-state index contributed by atoms with van der Waals surface area (Å²) in [5, 5.41) is 4.78. The Bertz CT molecular complexity index is 459. The van der Waals surface area contributed by atoms with Gasteiger partial charge in [-0.15, -0.1) is 11.3 Å². The summed E-state index contributed by atoms with van der Waals surface area (Å²) in [6.45, 7) is 7.51. The largest absolute Gasteiger partial charge is 0.381 e. The van der Waals surface area contributed by atoms with Crippen molar-refractivity contribution in [1.29, 1.82) is 0 Å². The van der Waals surface area contributed by atoms with Gasteiger partial charge in [0.1, 0.15) is 10.6 Å². The summed E-state index contributed by atoms with van der Waals surface area (Å²) in [5.41, 5.74) is 1.04. The molecule has 0 bridgehead atoms. The molecule has 0 amide bonds. The number of nitrogens with one attached hydrogen (secondary N) is 1. The van der Waals surface area contributed by atoms with Crippen LogP contribution in [0.1, 0.15) is 55.1 Å². The van der Waals surface area contributed by atoms with E-state index in [9.17, 15) is 0 Å². The Morgan fingerprint density at radius 1 is 1.33 bits per heavy atom. The lowest BCUT2D eigenvalue weighted by atomic mass is 9.95. The summed E-state index contributed by atoms with van der Waals surface area (Å²) >= 11 is 1.84. The van der Waals surface area contributed by atoms with Gasteiger partial charge in [0.2, 0.25) is 0 Å². The molecule has 2 heterocycles. The first kappa shape index (κ1) is 15.4. The van der Waals surface area contributed by atoms with Gasteiger partial charge in [0, 0.05) is 50.1 Å². The van der Waals surface area contributed by atoms with Crippen LogP contribution in [-0.4, -0.2) is 30.8 Å². The van der Waals surface area contributed by atoms with E-state index < -0.39 is 0 Å². The SMILES string of the molecule is CCOC1(c2nc(CC)c(CNC3CC3)s2)CCOCC1. The minimum Gasteiger partial charge on any atom is -0.381 e. The Labute approximate surface area is 131 Å². The maximum atomic E-state index is 6.15. The number of aryl methyl sites for hydroxylation is 1. The van der Waals surface area contributed by atoms with Crippen LogP contribution in [0.25, 0.3) is 0 Å². The molecule has 0 atom stereocenters. The van der Waals surface area contributed by atoms with E-state index in [0.717, 1.165) is 56.7 Å². The van der Waals surface area contributed by atoms with Gasteiger partial charge in [-0.25, -0.2) is 4.98 Å². The van der Waals surface area contributed by atoms with Crippen molar-refractivity contribution in [2.24, 2.45) is 0 Å². The number of hydrogen-bond acceptors (Lipinski definition) is 5. The maximum absolute atomic E-state index is 6.15. The maximum Gasteiger partial charge on any atom is 0.125 e. The highest BCUT2D eigenvalue weighted by Crippen LogP contribution is 2.39. The number of aromatic nitrogens is 1. The van der Waals surface area contributed by atoms with Crippen LogP contribution in [0.5, 0.6) is 0 Å². The molecule has 1 aromatic heterocycles. The summed E-state index contributed by atoms with van der Waals surface area (Å²) in [7, 11) is 0. The molecule has 2 aliphatic rings. The van der Waals surface area contributed by atoms with Crippen LogP contribution in [0.4, 0.5) is 0 Å². The highest BCUT2D eigenvalue weighted by Gasteiger charge is 2.38. The second-order valence-electron chi connectivity index (χ2n) is 5.94. The van der Waals surface area contributed by atoms with Crippen molar-refractivity contribution in [3.8, 4) is 0 Å². The van der Waals surface area contributed by atoms with Crippen molar-refractivity contribution >= 4 is 11.3 Å². The summed E-state index contributed by atoms with van der Waals surface area (Å²) in [6, 6.07) is 0.740. The molecule has 3 rings (SSSR count). The summed E-state index contributed by atoms with van der Waals surface area (Å²) in [5.74, 6) is 0. The van der Waals surface area contributed by atoms with Gasteiger partial charge in [0.15, 0.2) is 0 Å². The van der Waals surface area contributed by atoms with E-state index in [4.69, 9.17) is 14.5 Å². The van der Waals surface area contributed by atoms with Gasteiger partial charge in [0.05, 0.1) is 5.69 Å². The number of ether oxygens (including phenoxy) is 2. The first-order chi connectivity index (χ1) is 10.3. The number of nitrogens with zero attached hydrogens (tertiary/aromatic N) is 1. The first-order valence-corrected chi connectivity index (χ1v) is 9.03. The molecule has 2 fully saturated rings. The van der Waals surface area contributed by atoms with Crippen LogP contribution >= 0.6 is 11.3 Å². The predicted molar refractivity (Wildman–Crippen MR) is 84.7 cm³/mol. The number of hydrogen-bond donors (Lipinski definition) is 1. The van der Waals surface area contributed by atoms with Crippen molar-refractivity contribution < 1.29 is 9.47 Å². The minimum absolute atomic E-state index is 0.209. The number of thiazole rings is 1. The van der Waals surface area contributed by atoms with E-state index in [0.29, 0.717) is 0 Å². The van der Waals surface area contributed by atoms with E-state index in [-0.39, 0.29) is 5.60 Å². The fraction of sp³-hybridized carbons (Fsp3) is 0.812. The standard InChI is InChI=1S/C16H26N2O2S/c1-3-13-14(11-17-12-5-6-12)21-15(18-13)16(20-4-2)7-9-19-10-8-16/h12,17H,3-11H2,1-2H3. The Morgan fingerprint density at radius 2 is 2.10 bits per heavy atom. The van der Waals surface area contributed by atoms with Crippen molar-refractivity contribution in [2.45, 2.75) is 64.1 Å². The molecule has 0 spiro atoms. The molecule has 1 N–H and O–H groups in total. The fourth-order valence-corrected chi connectivity index (χ4v) is 4.22. The van der Waals surface area contributed by atoms with Crippen molar-refractivity contribution in [2.75, 3.05) is 19.8 Å². The zero-order valence-corrected chi connectivity index (χ0v) is 13.9. The van der Waals surface area contributed by atoms with Crippen LogP contribution in [-0.2, 0) is 28.0 Å². The third-order valence-electron chi connectivity index (χ3n) is 4.35. The van der Waals surface area contributed by atoms with Gasteiger partial charge < -0.3 is 14.8 Å². The highest BCUT2D eigenvalue weighted by molar-refractivity contribution is 7.11. The highest BCUT2D eigenvalue weighted by atomic mass is 32.1. The summed E-state index contributed by atoms with van der Waals surface area (Å²) in [4.78, 5) is 6.33. The lowest BCUT2D eigenvalue weighted by molar-refractivity contribution is -0.112. The molecule has 5 heteroatoms. The minimum atomic E-state index is -0.209. The lowest BCUT2D eigenvalue weighted by Gasteiger charge is -2.35. The Morgan fingerprint density at radius 3 is 2.71 bits per heavy atom. The van der Waals surface area contributed by atoms with E-state index in [1.807, 2.05) is 11.3 Å². The zero-order chi connectivity index (χ0) is 14.7. The van der Waals surface area contributed by atoms with E-state index >= 15 is 0 Å². The Hall–Kier alpha value is -0.490. The molecule has 1 aliphatic heterocycles. The van der Waals surface area contributed by atoms with Gasteiger partial charge in [0.25, 0.3) is 0 Å². The second kappa shape index (κ2) is 6.73. The second-order valence-corrected chi connectivity index (χ2v) is 7.02. The average molecular weight is 310 g/mol. The fourth-order valence-electron chi connectivity index (χ4n) is 2.91. The normalized spacial score (nSPS) is 21.6. The van der Waals surface area contributed by atoms with Crippen LogP contribution < -0.4 is 5.32 Å². The molecule has 1 aliphatic carbocycles. The molecule has 21 heavy (non-hydrogen) atoms. The topological polar surface area (TPSA) is 43.4 Å². The third kappa shape index (κ3) is 3.47. The van der Waals surface area contributed by atoms with Gasteiger partial charge in [-0.1, -0.05) is 6.92 Å². The van der Waals surface area contributed by atoms with Gasteiger partial charge in [-0.3, -0.25) is 0 Å². The summed E-state index contributed by atoms with van der Waals surface area (Å²) < 4.78 is 11.7. The lowest BCUT2D eigenvalue weighted by Crippen LogP contribution is -2.36. The molecular formula is C16H26N2O2S. The first-order valence-electron chi connectivity index (χ1n) is 8.21. The van der Waals surface area contributed by atoms with Crippen LogP contribution in [0.2, 0.25) is 0 Å². The molecule has 0 unspecified atom stereocenters. The molecule has 1 aromatic rings. The molecule has 0 radical (unpaired) electrons. The molecule has 1 saturated carbocycles. The van der Waals surface area contributed by atoms with Crippen molar-refractivity contribution in [3.05, 3.63) is 15.6 Å². The van der Waals surface area contributed by atoms with E-state index in [1.165, 1.54) is 23.4 Å². The van der Waals surface area contributed by atoms with Crippen LogP contribution in [0.3, 0.4) is 0 Å². The molecule has 4 nitrogen and oxygen atoms in total. The Balaban J connectivity index is 1.81. The van der Waals surface area contributed by atoms with Crippen LogP contribution in [0, 0.1) is 0 Å². The quantitative estimate of drug-likeness (QED) is 0.841. The van der Waals surface area contributed by atoms with Crippen LogP contribution in [0.15, 0.2) is 0 Å². The molecule has 118 valence electrons. The zero-order valence-electron chi connectivity index (χ0n) is 13.1. The monoisotopic (exact) mass is 310 g/mol. The van der Waals surface area contributed by atoms with Gasteiger partial charge in [-0.05, 0) is 26.2 Å². The van der Waals surface area contributed by atoms with Crippen molar-refractivity contribution in [3.63, 3.8) is 0 Å². The average Bonchev–Trinajstić information content (AvgIpc) is 3.24. The van der Waals surface area contributed by atoms with E-state index in [1.54, 1.807) is 0 Å². The number of rotatable bonds is 7. The van der Waals surface area contributed by atoms with Crippen molar-refractivity contribution in [1.82, 2.24) is 10.3 Å². The third-order valence-corrected chi connectivity index (χ3v) is 5.64. The summed E-state index contributed by atoms with van der Waals surface area (Å²) in [6.07, 6.45) is 5.50. The molecular weight excluding hydrogens is 284 g/mol. The molecule has 1 saturated heterocycles. The smallest absolute Gasteiger partial charge is 0.125 e. The van der Waals surface area contributed by atoms with Gasteiger partial charge >= 0.3 is 0 Å². The Kier molecular flexibility index (Phi) is 4.94. The molecule has 0 aromatic carbocycles. The van der Waals surface area contributed by atoms with Gasteiger partial charge in [-0.2, -0.15) is 0 Å². The van der Waals surface area contributed by atoms with E-state index in [2.05, 4.69) is 19.2 Å². The predicted octanol–water partition coefficient (Wildman–Crippen LogP) is 3.00.